The SMILES string of the molecule is CCOc1ccc(C(=O)N[C@H](C(=O)Nc2cccc(CO)c2)C(C)C)cc1. The normalized spacial score (nSPS) is 11.7. The maximum atomic E-state index is 12.7. The Morgan fingerprint density at radius 2 is 1.81 bits per heavy atom. The van der Waals surface area contributed by atoms with E-state index in [0.717, 1.165) is 0 Å². The molecule has 0 radical (unpaired) electrons. The van der Waals surface area contributed by atoms with E-state index in [1.54, 1.807) is 48.5 Å². The van der Waals surface area contributed by atoms with Gasteiger partial charge in [-0.2, -0.15) is 0 Å². The number of anilines is 1. The molecule has 2 amide bonds. The van der Waals surface area contributed by atoms with E-state index in [2.05, 4.69) is 10.6 Å². The smallest absolute Gasteiger partial charge is 0.251 e. The van der Waals surface area contributed by atoms with Crippen LogP contribution in [0.3, 0.4) is 0 Å². The highest BCUT2D eigenvalue weighted by molar-refractivity contribution is 6.01. The highest BCUT2D eigenvalue weighted by Crippen LogP contribution is 2.15. The van der Waals surface area contributed by atoms with E-state index < -0.39 is 6.04 Å². The van der Waals surface area contributed by atoms with E-state index in [9.17, 15) is 14.7 Å². The van der Waals surface area contributed by atoms with Crippen LogP contribution in [0.15, 0.2) is 48.5 Å². The predicted molar refractivity (Wildman–Crippen MR) is 105 cm³/mol. The number of aliphatic hydroxyl groups is 1. The van der Waals surface area contributed by atoms with Gasteiger partial charge in [0, 0.05) is 11.3 Å². The van der Waals surface area contributed by atoms with Crippen LogP contribution >= 0.6 is 0 Å². The van der Waals surface area contributed by atoms with Crippen molar-refractivity contribution < 1.29 is 19.4 Å². The van der Waals surface area contributed by atoms with Crippen molar-refractivity contribution in [2.45, 2.75) is 33.4 Å². The molecule has 0 unspecified atom stereocenters. The Morgan fingerprint density at radius 1 is 1.11 bits per heavy atom. The number of carbonyl (C=O) groups excluding carboxylic acids is 2. The van der Waals surface area contributed by atoms with Crippen LogP contribution in [0.2, 0.25) is 0 Å². The summed E-state index contributed by atoms with van der Waals surface area (Å²) in [5.74, 6) is -0.0379. The van der Waals surface area contributed by atoms with Crippen LogP contribution < -0.4 is 15.4 Å². The minimum absolute atomic E-state index is 0.0994. The monoisotopic (exact) mass is 370 g/mol. The van der Waals surface area contributed by atoms with Crippen LogP contribution in [0.5, 0.6) is 5.75 Å². The van der Waals surface area contributed by atoms with Gasteiger partial charge in [0.1, 0.15) is 11.8 Å². The maximum Gasteiger partial charge on any atom is 0.251 e. The Hall–Kier alpha value is -2.86. The first-order chi connectivity index (χ1) is 12.9. The summed E-state index contributed by atoms with van der Waals surface area (Å²) in [5, 5.41) is 14.8. The molecule has 1 atom stereocenters. The predicted octanol–water partition coefficient (Wildman–Crippen LogP) is 2.97. The molecule has 0 bridgehead atoms. The molecular weight excluding hydrogens is 344 g/mol. The Balaban J connectivity index is 2.07. The Kier molecular flexibility index (Phi) is 7.37. The average molecular weight is 370 g/mol. The minimum Gasteiger partial charge on any atom is -0.494 e. The van der Waals surface area contributed by atoms with Crippen LogP contribution in [0.4, 0.5) is 5.69 Å². The van der Waals surface area contributed by atoms with Crippen LogP contribution in [0, 0.1) is 5.92 Å². The highest BCUT2D eigenvalue weighted by atomic mass is 16.5. The standard InChI is InChI=1S/C21H26N2O4/c1-4-27-18-10-8-16(9-11-18)20(25)23-19(14(2)3)21(26)22-17-7-5-6-15(12-17)13-24/h5-12,14,19,24H,4,13H2,1-3H3,(H,22,26)(H,23,25)/t19-/m0/s1. The quantitative estimate of drug-likeness (QED) is 0.667. The number of ether oxygens (including phenoxy) is 1. The van der Waals surface area contributed by atoms with Crippen molar-refractivity contribution in [2.24, 2.45) is 5.92 Å². The van der Waals surface area contributed by atoms with Gasteiger partial charge in [-0.1, -0.05) is 26.0 Å². The summed E-state index contributed by atoms with van der Waals surface area (Å²) >= 11 is 0. The zero-order valence-electron chi connectivity index (χ0n) is 15.9. The molecular formula is C21H26N2O4. The molecule has 0 aliphatic rings. The van der Waals surface area contributed by atoms with E-state index in [4.69, 9.17) is 4.74 Å². The molecule has 0 saturated heterocycles. The van der Waals surface area contributed by atoms with Gasteiger partial charge in [0.2, 0.25) is 5.91 Å². The fourth-order valence-electron chi connectivity index (χ4n) is 2.60. The van der Waals surface area contributed by atoms with E-state index in [1.807, 2.05) is 20.8 Å². The number of amides is 2. The summed E-state index contributed by atoms with van der Waals surface area (Å²) in [6.45, 7) is 6.08. The Morgan fingerprint density at radius 3 is 2.41 bits per heavy atom. The molecule has 2 rings (SSSR count). The van der Waals surface area contributed by atoms with Gasteiger partial charge in [-0.25, -0.2) is 0 Å². The van der Waals surface area contributed by atoms with Crippen molar-refractivity contribution in [1.29, 1.82) is 0 Å². The Bertz CT molecular complexity index is 772. The Labute approximate surface area is 159 Å². The van der Waals surface area contributed by atoms with Crippen LogP contribution in [-0.2, 0) is 11.4 Å². The van der Waals surface area contributed by atoms with Crippen molar-refractivity contribution in [1.82, 2.24) is 5.32 Å². The molecule has 2 aromatic carbocycles. The third kappa shape index (κ3) is 5.82. The molecule has 0 aromatic heterocycles. The van der Waals surface area contributed by atoms with Crippen molar-refractivity contribution in [2.75, 3.05) is 11.9 Å². The molecule has 0 aliphatic heterocycles. The molecule has 6 heteroatoms. The van der Waals surface area contributed by atoms with Crippen LogP contribution in [0.1, 0.15) is 36.7 Å². The summed E-state index contributed by atoms with van der Waals surface area (Å²) in [5.41, 5.74) is 1.74. The first-order valence-electron chi connectivity index (χ1n) is 8.99. The van der Waals surface area contributed by atoms with E-state index in [-0.39, 0.29) is 24.3 Å². The zero-order valence-corrected chi connectivity index (χ0v) is 15.9. The molecule has 0 fully saturated rings. The molecule has 27 heavy (non-hydrogen) atoms. The molecule has 0 saturated carbocycles. The first-order valence-corrected chi connectivity index (χ1v) is 8.99. The van der Waals surface area contributed by atoms with Crippen molar-refractivity contribution in [3.8, 4) is 5.75 Å². The molecule has 2 aromatic rings. The number of rotatable bonds is 8. The number of hydrogen-bond donors (Lipinski definition) is 3. The van der Waals surface area contributed by atoms with Crippen LogP contribution in [-0.4, -0.2) is 29.6 Å². The number of hydrogen-bond acceptors (Lipinski definition) is 4. The lowest BCUT2D eigenvalue weighted by Gasteiger charge is -2.22. The molecule has 0 heterocycles. The van der Waals surface area contributed by atoms with Gasteiger partial charge < -0.3 is 20.5 Å². The van der Waals surface area contributed by atoms with Gasteiger partial charge in [0.05, 0.1) is 13.2 Å². The summed E-state index contributed by atoms with van der Waals surface area (Å²) in [4.78, 5) is 25.2. The fourth-order valence-corrected chi connectivity index (χ4v) is 2.60. The molecule has 6 nitrogen and oxygen atoms in total. The lowest BCUT2D eigenvalue weighted by atomic mass is 10.0. The number of benzene rings is 2. The number of nitrogens with one attached hydrogen (secondary N) is 2. The molecule has 0 spiro atoms. The topological polar surface area (TPSA) is 87.7 Å². The summed E-state index contributed by atoms with van der Waals surface area (Å²) in [6.07, 6.45) is 0. The molecule has 144 valence electrons. The summed E-state index contributed by atoms with van der Waals surface area (Å²) < 4.78 is 5.37. The van der Waals surface area contributed by atoms with Gasteiger partial charge in [0.15, 0.2) is 0 Å². The van der Waals surface area contributed by atoms with Gasteiger partial charge in [-0.05, 0) is 54.8 Å². The third-order valence-corrected chi connectivity index (χ3v) is 4.04. The zero-order chi connectivity index (χ0) is 19.8. The van der Waals surface area contributed by atoms with Crippen LogP contribution in [0.25, 0.3) is 0 Å². The average Bonchev–Trinajstić information content (AvgIpc) is 2.66. The summed E-state index contributed by atoms with van der Waals surface area (Å²) in [7, 11) is 0. The second-order valence-corrected chi connectivity index (χ2v) is 6.50. The van der Waals surface area contributed by atoms with Gasteiger partial charge in [-0.15, -0.1) is 0 Å². The van der Waals surface area contributed by atoms with E-state index in [0.29, 0.717) is 29.2 Å². The van der Waals surface area contributed by atoms with Gasteiger partial charge >= 0.3 is 0 Å². The van der Waals surface area contributed by atoms with Gasteiger partial charge in [0.25, 0.3) is 5.91 Å². The van der Waals surface area contributed by atoms with Crippen molar-refractivity contribution in [3.05, 3.63) is 59.7 Å². The maximum absolute atomic E-state index is 12.7. The summed E-state index contributed by atoms with van der Waals surface area (Å²) in [6, 6.07) is 13.1. The number of aliphatic hydroxyl groups excluding tert-OH is 1. The lowest BCUT2D eigenvalue weighted by Crippen LogP contribution is -2.47. The molecule has 0 aliphatic carbocycles. The third-order valence-electron chi connectivity index (χ3n) is 4.04. The number of carbonyl (C=O) groups is 2. The van der Waals surface area contributed by atoms with E-state index in [1.165, 1.54) is 0 Å². The van der Waals surface area contributed by atoms with E-state index >= 15 is 0 Å². The fraction of sp³-hybridized carbons (Fsp3) is 0.333. The lowest BCUT2D eigenvalue weighted by molar-refractivity contribution is -0.118. The van der Waals surface area contributed by atoms with Gasteiger partial charge in [-0.3, -0.25) is 9.59 Å². The molecule has 3 N–H and O–H groups in total. The first kappa shape index (κ1) is 20.5. The highest BCUT2D eigenvalue weighted by Gasteiger charge is 2.25. The second-order valence-electron chi connectivity index (χ2n) is 6.50. The van der Waals surface area contributed by atoms with Crippen molar-refractivity contribution in [3.63, 3.8) is 0 Å². The minimum atomic E-state index is -0.693. The van der Waals surface area contributed by atoms with Crippen molar-refractivity contribution >= 4 is 17.5 Å². The largest absolute Gasteiger partial charge is 0.494 e. The second kappa shape index (κ2) is 9.73.